The molecule has 0 N–H and O–H groups in total. The van der Waals surface area contributed by atoms with Crippen molar-refractivity contribution in [2.24, 2.45) is 0 Å². The van der Waals surface area contributed by atoms with Crippen LogP contribution in [0.5, 0.6) is 5.75 Å². The molecular weight excluding hydrogens is 344 g/mol. The molecule has 150 valence electrons. The molecule has 0 amide bonds. The number of benzene rings is 2. The van der Waals surface area contributed by atoms with E-state index >= 15 is 0 Å². The Morgan fingerprint density at radius 1 is 1.00 bits per heavy atom. The highest BCUT2D eigenvalue weighted by molar-refractivity contribution is 5.27. The maximum absolute atomic E-state index is 5.30. The van der Waals surface area contributed by atoms with E-state index in [1.54, 1.807) is 7.11 Å². The van der Waals surface area contributed by atoms with Crippen LogP contribution in [-0.4, -0.2) is 42.6 Å². The number of piperidine rings is 1. The standard InChI is InChI=1S/C25H34N2O/c1-21(2)13-18-27(20-23-9-11-25(28-3)12-10-23)24-14-16-26(17-15-24)19-22-7-5-4-6-8-22/h4-13,24H,14-20H2,1-3H3. The Morgan fingerprint density at radius 3 is 2.29 bits per heavy atom. The summed E-state index contributed by atoms with van der Waals surface area (Å²) in [6, 6.07) is 20.0. The van der Waals surface area contributed by atoms with E-state index in [4.69, 9.17) is 4.74 Å². The largest absolute Gasteiger partial charge is 0.497 e. The summed E-state index contributed by atoms with van der Waals surface area (Å²) < 4.78 is 5.30. The van der Waals surface area contributed by atoms with E-state index in [-0.39, 0.29) is 0 Å². The van der Waals surface area contributed by atoms with E-state index in [2.05, 4.69) is 84.3 Å². The fourth-order valence-electron chi connectivity index (χ4n) is 3.89. The van der Waals surface area contributed by atoms with E-state index in [1.807, 2.05) is 0 Å². The molecule has 3 nitrogen and oxygen atoms in total. The summed E-state index contributed by atoms with van der Waals surface area (Å²) in [6.07, 6.45) is 4.83. The second-order valence-corrected chi connectivity index (χ2v) is 8.05. The topological polar surface area (TPSA) is 15.7 Å². The average molecular weight is 379 g/mol. The zero-order valence-corrected chi connectivity index (χ0v) is 17.6. The smallest absolute Gasteiger partial charge is 0.118 e. The highest BCUT2D eigenvalue weighted by atomic mass is 16.5. The van der Waals surface area contributed by atoms with Crippen molar-refractivity contribution < 1.29 is 4.74 Å². The van der Waals surface area contributed by atoms with Gasteiger partial charge in [-0.3, -0.25) is 9.80 Å². The van der Waals surface area contributed by atoms with Gasteiger partial charge in [-0.1, -0.05) is 54.1 Å². The zero-order valence-electron chi connectivity index (χ0n) is 17.6. The summed E-state index contributed by atoms with van der Waals surface area (Å²) in [4.78, 5) is 5.24. The molecule has 0 aliphatic carbocycles. The fraction of sp³-hybridized carbons (Fsp3) is 0.440. The van der Waals surface area contributed by atoms with E-state index in [1.165, 1.54) is 42.6 Å². The number of rotatable bonds is 8. The molecule has 1 aliphatic heterocycles. The van der Waals surface area contributed by atoms with E-state index in [0.29, 0.717) is 6.04 Å². The molecule has 3 rings (SSSR count). The van der Waals surface area contributed by atoms with Gasteiger partial charge in [0, 0.05) is 25.7 Å². The summed E-state index contributed by atoms with van der Waals surface area (Å²) in [6.45, 7) is 9.82. The van der Waals surface area contributed by atoms with Gasteiger partial charge in [0.2, 0.25) is 0 Å². The Labute approximate surface area is 170 Å². The third-order valence-corrected chi connectivity index (χ3v) is 5.60. The molecular formula is C25H34N2O. The maximum Gasteiger partial charge on any atom is 0.118 e. The van der Waals surface area contributed by atoms with Gasteiger partial charge in [-0.2, -0.15) is 0 Å². The Morgan fingerprint density at radius 2 is 1.68 bits per heavy atom. The molecule has 0 aromatic heterocycles. The van der Waals surface area contributed by atoms with Gasteiger partial charge in [0.05, 0.1) is 7.11 Å². The fourth-order valence-corrected chi connectivity index (χ4v) is 3.89. The molecule has 1 fully saturated rings. The number of nitrogens with zero attached hydrogens (tertiary/aromatic N) is 2. The van der Waals surface area contributed by atoms with E-state index in [0.717, 1.165) is 25.4 Å². The third kappa shape index (κ3) is 6.22. The molecule has 3 heteroatoms. The predicted molar refractivity (Wildman–Crippen MR) is 118 cm³/mol. The third-order valence-electron chi connectivity index (χ3n) is 5.60. The van der Waals surface area contributed by atoms with Crippen molar-refractivity contribution in [3.63, 3.8) is 0 Å². The van der Waals surface area contributed by atoms with Gasteiger partial charge in [0.15, 0.2) is 0 Å². The molecule has 0 radical (unpaired) electrons. The molecule has 2 aromatic rings. The molecule has 28 heavy (non-hydrogen) atoms. The highest BCUT2D eigenvalue weighted by Gasteiger charge is 2.24. The maximum atomic E-state index is 5.30. The van der Waals surface area contributed by atoms with Crippen molar-refractivity contribution in [3.8, 4) is 5.75 Å². The minimum absolute atomic E-state index is 0.643. The lowest BCUT2D eigenvalue weighted by atomic mass is 10.0. The van der Waals surface area contributed by atoms with E-state index < -0.39 is 0 Å². The van der Waals surface area contributed by atoms with Crippen LogP contribution in [-0.2, 0) is 13.1 Å². The highest BCUT2D eigenvalue weighted by Crippen LogP contribution is 2.22. The van der Waals surface area contributed by atoms with Gasteiger partial charge < -0.3 is 4.74 Å². The first-order valence-electron chi connectivity index (χ1n) is 10.4. The lowest BCUT2D eigenvalue weighted by Crippen LogP contribution is -2.44. The number of allylic oxidation sites excluding steroid dienone is 1. The number of hydrogen-bond donors (Lipinski definition) is 0. The summed E-state index contributed by atoms with van der Waals surface area (Å²) >= 11 is 0. The zero-order chi connectivity index (χ0) is 19.8. The molecule has 2 aromatic carbocycles. The van der Waals surface area contributed by atoms with Crippen molar-refractivity contribution in [2.45, 2.75) is 45.8 Å². The first kappa shape index (κ1) is 20.6. The van der Waals surface area contributed by atoms with Crippen LogP contribution in [0.15, 0.2) is 66.2 Å². The van der Waals surface area contributed by atoms with Crippen molar-refractivity contribution in [3.05, 3.63) is 77.4 Å². The number of methoxy groups -OCH3 is 1. The molecule has 0 bridgehead atoms. The SMILES string of the molecule is COc1ccc(CN(CC=C(C)C)C2CCN(Cc3ccccc3)CC2)cc1. The Hall–Kier alpha value is -2.10. The first-order chi connectivity index (χ1) is 13.6. The van der Waals surface area contributed by atoms with Crippen molar-refractivity contribution >= 4 is 0 Å². The van der Waals surface area contributed by atoms with Gasteiger partial charge in [-0.25, -0.2) is 0 Å². The van der Waals surface area contributed by atoms with Crippen LogP contribution in [0, 0.1) is 0 Å². The second kappa shape index (κ2) is 10.4. The van der Waals surface area contributed by atoms with E-state index in [9.17, 15) is 0 Å². The molecule has 0 unspecified atom stereocenters. The van der Waals surface area contributed by atoms with Gasteiger partial charge >= 0.3 is 0 Å². The molecule has 0 atom stereocenters. The van der Waals surface area contributed by atoms with Crippen molar-refractivity contribution in [1.82, 2.24) is 9.80 Å². The van der Waals surface area contributed by atoms with Crippen LogP contribution in [0.25, 0.3) is 0 Å². The number of likely N-dealkylation sites (tertiary alicyclic amines) is 1. The number of ether oxygens (including phenoxy) is 1. The van der Waals surface area contributed by atoms with Crippen LogP contribution in [0.4, 0.5) is 0 Å². The molecule has 1 saturated heterocycles. The molecule has 1 aliphatic rings. The number of hydrogen-bond acceptors (Lipinski definition) is 3. The average Bonchev–Trinajstić information content (AvgIpc) is 2.73. The summed E-state index contributed by atoms with van der Waals surface area (Å²) in [7, 11) is 1.72. The van der Waals surface area contributed by atoms with Gasteiger partial charge in [-0.05, 0) is 63.0 Å². The lowest BCUT2D eigenvalue weighted by Gasteiger charge is -2.38. The van der Waals surface area contributed by atoms with Gasteiger partial charge in [-0.15, -0.1) is 0 Å². The Bertz CT molecular complexity index is 727. The van der Waals surface area contributed by atoms with Gasteiger partial charge in [0.1, 0.15) is 5.75 Å². The molecule has 1 heterocycles. The quantitative estimate of drug-likeness (QED) is 0.592. The van der Waals surface area contributed by atoms with Crippen molar-refractivity contribution in [2.75, 3.05) is 26.7 Å². The van der Waals surface area contributed by atoms with Crippen LogP contribution < -0.4 is 4.74 Å². The van der Waals surface area contributed by atoms with Crippen LogP contribution >= 0.6 is 0 Å². The monoisotopic (exact) mass is 378 g/mol. The first-order valence-corrected chi connectivity index (χ1v) is 10.4. The minimum Gasteiger partial charge on any atom is -0.497 e. The Kier molecular flexibility index (Phi) is 7.70. The van der Waals surface area contributed by atoms with Gasteiger partial charge in [0.25, 0.3) is 0 Å². The predicted octanol–water partition coefficient (Wildman–Crippen LogP) is 5.13. The summed E-state index contributed by atoms with van der Waals surface area (Å²) in [5, 5.41) is 0. The molecule has 0 saturated carbocycles. The molecule has 0 spiro atoms. The summed E-state index contributed by atoms with van der Waals surface area (Å²) in [5.74, 6) is 0.925. The van der Waals surface area contributed by atoms with Crippen LogP contribution in [0.3, 0.4) is 0 Å². The van der Waals surface area contributed by atoms with Crippen LogP contribution in [0.1, 0.15) is 37.8 Å². The van der Waals surface area contributed by atoms with Crippen LogP contribution in [0.2, 0.25) is 0 Å². The second-order valence-electron chi connectivity index (χ2n) is 8.05. The lowest BCUT2D eigenvalue weighted by molar-refractivity contribution is 0.108. The summed E-state index contributed by atoms with van der Waals surface area (Å²) in [5.41, 5.74) is 4.16. The minimum atomic E-state index is 0.643. The Balaban J connectivity index is 1.59. The van der Waals surface area contributed by atoms with Crippen molar-refractivity contribution in [1.29, 1.82) is 0 Å². The normalized spacial score (nSPS) is 15.6.